The summed E-state index contributed by atoms with van der Waals surface area (Å²) >= 11 is 0. The van der Waals surface area contributed by atoms with E-state index in [2.05, 4.69) is 21.3 Å². The van der Waals surface area contributed by atoms with E-state index >= 15 is 0 Å². The number of halogens is 1. The molecule has 0 saturated heterocycles. The lowest BCUT2D eigenvalue weighted by Crippen LogP contribution is -2.55. The number of aliphatic hydroxyl groups is 6. The van der Waals surface area contributed by atoms with Crippen molar-refractivity contribution in [2.45, 2.75) is 140 Å². The molecule has 0 spiro atoms. The lowest BCUT2D eigenvalue weighted by molar-refractivity contribution is -0.172. The third kappa shape index (κ3) is 13.5. The largest absolute Gasteiger partial charge is 0.458 e. The molecule has 6 rings (SSSR count). The van der Waals surface area contributed by atoms with Crippen molar-refractivity contribution in [3.63, 3.8) is 0 Å². The normalized spacial score (nSPS) is 18.5. The summed E-state index contributed by atoms with van der Waals surface area (Å²) in [6, 6.07) is 0.745. The first-order valence-corrected chi connectivity index (χ1v) is 25.3. The zero-order valence-electron chi connectivity index (χ0n) is 43.3. The molecule has 1 aromatic carbocycles. The number of nitrogens with one attached hydrogen (secondary N) is 4. The van der Waals surface area contributed by atoms with Gasteiger partial charge in [0.25, 0.3) is 5.56 Å². The summed E-state index contributed by atoms with van der Waals surface area (Å²) in [6.07, 6.45) is -5.07. The number of carbonyl (C=O) groups excluding carboxylic acids is 8. The first kappa shape index (κ1) is 59.4. The molecule has 0 radical (unpaired) electrons. The lowest BCUT2D eigenvalue weighted by Gasteiger charge is -2.31. The number of hydrogen-bond acceptors (Lipinski definition) is 18. The van der Waals surface area contributed by atoms with Crippen molar-refractivity contribution >= 4 is 58.0 Å². The Morgan fingerprint density at radius 2 is 1.57 bits per heavy atom. The smallest absolute Gasteiger partial charge is 0.343 e. The SMILES string of the molecule is CC[C@@]1(O)C(=O)OCc2c1cc1n(c2=O)Cc2c-1nc1cc(F)c(C)cc1c2CCCCOCNC(=O)[C@H](C)NC(=O)[C@H](C)NC(=O)[C@H](CCC(=O)N(C)C[C@H](O)[C@@H](O)[C@H](O)[C@H](O)CO)NC(=O)CCC1C(=O)C=CC1=O. The highest BCUT2D eigenvalue weighted by molar-refractivity contribution is 6.18. The van der Waals surface area contributed by atoms with Gasteiger partial charge in [0.2, 0.25) is 29.5 Å². The molecule has 24 nitrogen and oxygen atoms in total. The molecule has 1 aliphatic carbocycles. The maximum atomic E-state index is 14.9. The maximum absolute atomic E-state index is 14.9. The van der Waals surface area contributed by atoms with Crippen LogP contribution in [-0.4, -0.2) is 168 Å². The van der Waals surface area contributed by atoms with Crippen LogP contribution in [-0.2, 0) is 73.0 Å². The molecule has 0 bridgehead atoms. The summed E-state index contributed by atoms with van der Waals surface area (Å²) in [6.45, 7) is 4.28. The van der Waals surface area contributed by atoms with Crippen LogP contribution < -0.4 is 26.8 Å². The van der Waals surface area contributed by atoms with Gasteiger partial charge >= 0.3 is 5.97 Å². The minimum Gasteiger partial charge on any atom is -0.458 e. The van der Waals surface area contributed by atoms with Crippen LogP contribution in [0.1, 0.15) is 93.5 Å². The minimum absolute atomic E-state index is 0.0291. The fourth-order valence-electron chi connectivity index (χ4n) is 9.36. The summed E-state index contributed by atoms with van der Waals surface area (Å²) in [4.78, 5) is 122. The number of benzene rings is 1. The predicted octanol–water partition coefficient (Wildman–Crippen LogP) is -1.79. The third-order valence-electron chi connectivity index (χ3n) is 14.2. The molecule has 5 amide bonds. The van der Waals surface area contributed by atoms with E-state index in [0.29, 0.717) is 47.1 Å². The Balaban J connectivity index is 0.995. The number of aryl methyl sites for hydroxylation is 2. The highest BCUT2D eigenvalue weighted by Crippen LogP contribution is 2.41. The zero-order chi connectivity index (χ0) is 56.6. The Morgan fingerprint density at radius 1 is 0.909 bits per heavy atom. The number of rotatable bonds is 26. The molecule has 0 unspecified atom stereocenters. The molecule has 0 fully saturated rings. The molecule has 25 heteroatoms. The van der Waals surface area contributed by atoms with Crippen LogP contribution in [0, 0.1) is 18.7 Å². The fraction of sp³-hybridized carbons (Fsp3) is 0.538. The number of amides is 5. The van der Waals surface area contributed by atoms with Crippen LogP contribution in [0.2, 0.25) is 0 Å². The molecule has 3 aromatic rings. The number of allylic oxidation sites excluding steroid dienone is 2. The van der Waals surface area contributed by atoms with Crippen molar-refractivity contribution in [3.8, 4) is 11.4 Å². The average Bonchev–Trinajstić information content (AvgIpc) is 4.03. The molecule has 2 aliphatic heterocycles. The van der Waals surface area contributed by atoms with E-state index in [1.165, 1.54) is 31.5 Å². The summed E-state index contributed by atoms with van der Waals surface area (Å²) in [5.41, 5.74) is 1.06. The van der Waals surface area contributed by atoms with Crippen molar-refractivity contribution in [2.75, 3.05) is 33.5 Å². The molecular formula is C52H66FN7O17. The first-order chi connectivity index (χ1) is 36.4. The van der Waals surface area contributed by atoms with Crippen LogP contribution in [0.5, 0.6) is 0 Å². The standard InChI is InChI=1S/C52H66FN7O17/c1-6-52(75)33-18-37-44-31(20-60(37)50(73)32(33)23-77-51(52)74)28(30-17-25(2)34(53)19-36(30)58-44)9-7-8-16-76-24-54-47(70)26(3)55-48(71)27(4)56-49(72)35(57-42(66)14-10-29-38(62)12-13-39(29)63)11-15-43(67)59(5)21-40(64)45(68)46(69)41(65)22-61/h12-13,17-19,26-27,29,35,40-41,45-46,61,64-65,68-69,75H,6-11,14-16,20-24H2,1-5H3,(H,54,70)(H,55,71)(H,56,72)(H,57,66)/t26-,27-,35-,40-,41+,45+,46+,52-/m0/s1. The number of nitrogens with zero attached hydrogens (tertiary/aromatic N) is 3. The van der Waals surface area contributed by atoms with Crippen LogP contribution >= 0.6 is 0 Å². The lowest BCUT2D eigenvalue weighted by atomic mass is 9.86. The molecule has 418 valence electrons. The predicted molar refractivity (Wildman–Crippen MR) is 268 cm³/mol. The van der Waals surface area contributed by atoms with Gasteiger partial charge in [-0.2, -0.15) is 0 Å². The topological polar surface area (TPSA) is 363 Å². The Morgan fingerprint density at radius 3 is 2.25 bits per heavy atom. The quantitative estimate of drug-likeness (QED) is 0.0144. The van der Waals surface area contributed by atoms with Gasteiger partial charge in [0.1, 0.15) is 61.7 Å². The number of ether oxygens (including phenoxy) is 2. The summed E-state index contributed by atoms with van der Waals surface area (Å²) in [7, 11) is 1.24. The zero-order valence-corrected chi connectivity index (χ0v) is 43.3. The van der Waals surface area contributed by atoms with Gasteiger partial charge in [0.05, 0.1) is 41.5 Å². The second-order valence-corrected chi connectivity index (χ2v) is 19.6. The number of pyridine rings is 2. The first-order valence-electron chi connectivity index (χ1n) is 25.3. The third-order valence-corrected chi connectivity index (χ3v) is 14.2. The maximum Gasteiger partial charge on any atom is 0.343 e. The van der Waals surface area contributed by atoms with Crippen molar-refractivity contribution < 1.29 is 82.9 Å². The second-order valence-electron chi connectivity index (χ2n) is 19.6. The van der Waals surface area contributed by atoms with Gasteiger partial charge in [-0.25, -0.2) is 14.2 Å². The molecule has 2 aromatic heterocycles. The summed E-state index contributed by atoms with van der Waals surface area (Å²) in [5.74, 6) is -7.16. The number of aromatic nitrogens is 2. The number of hydrogen-bond donors (Lipinski definition) is 10. The molecule has 77 heavy (non-hydrogen) atoms. The molecular weight excluding hydrogens is 1010 g/mol. The highest BCUT2D eigenvalue weighted by atomic mass is 19.1. The van der Waals surface area contributed by atoms with E-state index in [1.54, 1.807) is 26.0 Å². The van der Waals surface area contributed by atoms with Gasteiger partial charge in [-0.05, 0) is 94.7 Å². The minimum atomic E-state index is -2.02. The number of fused-ring (bicyclic) bond motifs is 5. The van der Waals surface area contributed by atoms with Gasteiger partial charge < -0.3 is 70.8 Å². The molecule has 10 N–H and O–H groups in total. The molecule has 4 heterocycles. The van der Waals surface area contributed by atoms with Crippen molar-refractivity contribution in [2.24, 2.45) is 5.92 Å². The Bertz CT molecular complexity index is 2880. The van der Waals surface area contributed by atoms with Gasteiger partial charge in [-0.1, -0.05) is 6.92 Å². The van der Waals surface area contributed by atoms with Crippen LogP contribution in [0.15, 0.2) is 35.1 Å². The van der Waals surface area contributed by atoms with Crippen molar-refractivity contribution in [1.82, 2.24) is 35.7 Å². The van der Waals surface area contributed by atoms with Gasteiger partial charge in [0, 0.05) is 55.6 Å². The highest BCUT2D eigenvalue weighted by Gasteiger charge is 2.46. The number of unbranched alkanes of at least 4 members (excludes halogenated alkanes) is 1. The Kier molecular flexibility index (Phi) is 19.7. The Hall–Kier alpha value is -6.87. The van der Waals surface area contributed by atoms with E-state index in [4.69, 9.17) is 19.6 Å². The van der Waals surface area contributed by atoms with E-state index in [9.17, 15) is 73.1 Å². The number of likely N-dealkylation sites (N-methyl/N-ethyl adjacent to an activating group) is 1. The number of cyclic esters (lactones) is 1. The van der Waals surface area contributed by atoms with E-state index in [1.807, 2.05) is 0 Å². The van der Waals surface area contributed by atoms with Crippen LogP contribution in [0.4, 0.5) is 4.39 Å². The second kappa shape index (κ2) is 25.5. The van der Waals surface area contributed by atoms with Gasteiger partial charge in [0.15, 0.2) is 17.2 Å². The Labute approximate surface area is 441 Å². The average molecular weight is 1080 g/mol. The van der Waals surface area contributed by atoms with Gasteiger partial charge in [-0.3, -0.25) is 38.4 Å². The van der Waals surface area contributed by atoms with Crippen LogP contribution in [0.25, 0.3) is 22.3 Å². The van der Waals surface area contributed by atoms with E-state index in [0.717, 1.165) is 28.2 Å². The number of esters is 1. The van der Waals surface area contributed by atoms with E-state index in [-0.39, 0.29) is 63.3 Å². The van der Waals surface area contributed by atoms with Crippen molar-refractivity contribution in [3.05, 3.63) is 74.3 Å². The molecule has 8 atom stereocenters. The summed E-state index contributed by atoms with van der Waals surface area (Å²) in [5, 5.41) is 71.0. The molecule has 0 saturated carbocycles. The number of ketones is 2. The number of carbonyl (C=O) groups is 8. The van der Waals surface area contributed by atoms with Crippen molar-refractivity contribution in [1.29, 1.82) is 0 Å². The fourth-order valence-corrected chi connectivity index (χ4v) is 9.36. The van der Waals surface area contributed by atoms with E-state index < -0.39 is 132 Å². The van der Waals surface area contributed by atoms with Crippen LogP contribution in [0.3, 0.4) is 0 Å². The molecule has 3 aliphatic rings. The number of aliphatic hydroxyl groups excluding tert-OH is 5. The van der Waals surface area contributed by atoms with Gasteiger partial charge in [-0.15, -0.1) is 0 Å². The summed E-state index contributed by atoms with van der Waals surface area (Å²) < 4.78 is 27.3. The monoisotopic (exact) mass is 1080 g/mol.